The quantitative estimate of drug-likeness (QED) is 0.733. The van der Waals surface area contributed by atoms with Gasteiger partial charge in [-0.05, 0) is 29.8 Å². The molecule has 0 saturated heterocycles. The molecule has 0 amide bonds. The van der Waals surface area contributed by atoms with E-state index in [-0.39, 0.29) is 5.82 Å². The summed E-state index contributed by atoms with van der Waals surface area (Å²) in [5, 5.41) is 0.791. The van der Waals surface area contributed by atoms with Crippen molar-refractivity contribution in [2.45, 2.75) is 10.9 Å². The topological polar surface area (TPSA) is 41.6 Å². The minimum absolute atomic E-state index is 0.255. The van der Waals surface area contributed by atoms with Crippen LogP contribution in [-0.2, 0) is 5.75 Å². The van der Waals surface area contributed by atoms with Gasteiger partial charge >= 0.3 is 0 Å². The summed E-state index contributed by atoms with van der Waals surface area (Å²) >= 11 is 1.58. The number of aromatic nitrogens is 3. The van der Waals surface area contributed by atoms with Gasteiger partial charge in [-0.25, -0.2) is 9.37 Å². The zero-order valence-corrected chi connectivity index (χ0v) is 10.2. The number of halogens is 1. The summed E-state index contributed by atoms with van der Waals surface area (Å²) in [6.07, 6.45) is 3.58. The molecule has 90 valence electrons. The number of aromatic amines is 1. The molecule has 5 heteroatoms. The highest BCUT2D eigenvalue weighted by atomic mass is 32.2. The highest BCUT2D eigenvalue weighted by molar-refractivity contribution is 7.98. The lowest BCUT2D eigenvalue weighted by Gasteiger charge is -1.96. The van der Waals surface area contributed by atoms with E-state index in [1.807, 2.05) is 18.3 Å². The number of imidazole rings is 1. The lowest BCUT2D eigenvalue weighted by atomic mass is 10.3. The Bertz CT molecular complexity index is 666. The second-order valence-corrected chi connectivity index (χ2v) is 4.82. The van der Waals surface area contributed by atoms with Crippen molar-refractivity contribution in [1.29, 1.82) is 0 Å². The van der Waals surface area contributed by atoms with E-state index in [1.165, 1.54) is 12.1 Å². The molecule has 0 aliphatic carbocycles. The van der Waals surface area contributed by atoms with Crippen LogP contribution in [-0.4, -0.2) is 15.0 Å². The Balaban J connectivity index is 1.79. The van der Waals surface area contributed by atoms with E-state index in [0.717, 1.165) is 27.5 Å². The van der Waals surface area contributed by atoms with Crippen molar-refractivity contribution in [2.24, 2.45) is 0 Å². The van der Waals surface area contributed by atoms with Gasteiger partial charge in [-0.3, -0.25) is 4.98 Å². The number of pyridine rings is 1. The minimum atomic E-state index is -0.255. The molecular weight excluding hydrogens is 249 g/mol. The predicted octanol–water partition coefficient (Wildman–Crippen LogP) is 3.39. The molecule has 3 aromatic rings. The molecule has 0 radical (unpaired) electrons. The summed E-state index contributed by atoms with van der Waals surface area (Å²) in [6.45, 7) is 0. The average Bonchev–Trinajstić information content (AvgIpc) is 2.79. The first kappa shape index (κ1) is 11.2. The van der Waals surface area contributed by atoms with Crippen molar-refractivity contribution < 1.29 is 4.39 Å². The van der Waals surface area contributed by atoms with Crippen molar-refractivity contribution in [1.82, 2.24) is 15.0 Å². The lowest BCUT2D eigenvalue weighted by molar-refractivity contribution is 0.629. The Kier molecular flexibility index (Phi) is 2.98. The van der Waals surface area contributed by atoms with Crippen LogP contribution in [0.5, 0.6) is 0 Å². The van der Waals surface area contributed by atoms with Gasteiger partial charge in [-0.1, -0.05) is 17.8 Å². The molecule has 1 aromatic carbocycles. The minimum Gasteiger partial charge on any atom is -0.333 e. The first-order valence-electron chi connectivity index (χ1n) is 5.48. The van der Waals surface area contributed by atoms with Crippen LogP contribution < -0.4 is 0 Å². The molecule has 0 spiro atoms. The molecule has 0 saturated carbocycles. The van der Waals surface area contributed by atoms with Crippen LogP contribution in [0.25, 0.3) is 11.0 Å². The molecule has 0 fully saturated rings. The summed E-state index contributed by atoms with van der Waals surface area (Å²) < 4.78 is 13.0. The van der Waals surface area contributed by atoms with E-state index < -0.39 is 0 Å². The third-order valence-electron chi connectivity index (χ3n) is 2.52. The lowest BCUT2D eigenvalue weighted by Crippen LogP contribution is -1.82. The van der Waals surface area contributed by atoms with E-state index in [0.29, 0.717) is 0 Å². The van der Waals surface area contributed by atoms with Crippen molar-refractivity contribution in [3.8, 4) is 0 Å². The third kappa shape index (κ3) is 2.36. The summed E-state index contributed by atoms with van der Waals surface area (Å²) in [5.41, 5.74) is 2.64. The van der Waals surface area contributed by atoms with E-state index in [1.54, 1.807) is 24.0 Å². The first-order chi connectivity index (χ1) is 8.81. The molecule has 3 rings (SSSR count). The number of nitrogens with one attached hydrogen (secondary N) is 1. The Labute approximate surface area is 107 Å². The SMILES string of the molecule is Fc1ccc2nc(SCc3cccnc3)[nH]c2c1. The highest BCUT2D eigenvalue weighted by Gasteiger charge is 2.04. The van der Waals surface area contributed by atoms with Gasteiger partial charge in [0, 0.05) is 18.1 Å². The first-order valence-corrected chi connectivity index (χ1v) is 6.47. The number of fused-ring (bicyclic) bond motifs is 1. The number of benzene rings is 1. The average molecular weight is 259 g/mol. The molecule has 0 unspecified atom stereocenters. The van der Waals surface area contributed by atoms with Crippen LogP contribution in [0.2, 0.25) is 0 Å². The fourth-order valence-electron chi connectivity index (χ4n) is 1.66. The van der Waals surface area contributed by atoms with Crippen LogP contribution in [0.1, 0.15) is 5.56 Å². The fourth-order valence-corrected chi connectivity index (χ4v) is 2.48. The summed E-state index contributed by atoms with van der Waals surface area (Å²) in [5.74, 6) is 0.533. The molecule has 1 N–H and O–H groups in total. The Hall–Kier alpha value is -1.88. The second kappa shape index (κ2) is 4.78. The van der Waals surface area contributed by atoms with Gasteiger partial charge in [0.05, 0.1) is 11.0 Å². The molecule has 3 nitrogen and oxygen atoms in total. The number of hydrogen-bond donors (Lipinski definition) is 1. The van der Waals surface area contributed by atoms with Crippen LogP contribution in [0, 0.1) is 5.82 Å². The third-order valence-corrected chi connectivity index (χ3v) is 3.47. The van der Waals surface area contributed by atoms with Gasteiger partial charge in [-0.2, -0.15) is 0 Å². The van der Waals surface area contributed by atoms with Gasteiger partial charge in [0.15, 0.2) is 5.16 Å². The van der Waals surface area contributed by atoms with Gasteiger partial charge in [0.1, 0.15) is 5.82 Å². The number of nitrogens with zero attached hydrogens (tertiary/aromatic N) is 2. The molecular formula is C13H10FN3S. The number of rotatable bonds is 3. The molecule has 0 atom stereocenters. The summed E-state index contributed by atoms with van der Waals surface area (Å²) in [7, 11) is 0. The molecule has 0 aliphatic heterocycles. The number of thioether (sulfide) groups is 1. The van der Waals surface area contributed by atoms with Gasteiger partial charge < -0.3 is 4.98 Å². The van der Waals surface area contributed by atoms with Crippen LogP contribution in [0.3, 0.4) is 0 Å². The number of hydrogen-bond acceptors (Lipinski definition) is 3. The molecule has 18 heavy (non-hydrogen) atoms. The fraction of sp³-hybridized carbons (Fsp3) is 0.0769. The van der Waals surface area contributed by atoms with Crippen LogP contribution in [0.15, 0.2) is 47.9 Å². The van der Waals surface area contributed by atoms with Crippen molar-refractivity contribution in [2.75, 3.05) is 0 Å². The van der Waals surface area contributed by atoms with Gasteiger partial charge in [0.2, 0.25) is 0 Å². The maximum atomic E-state index is 13.0. The Morgan fingerprint density at radius 1 is 1.28 bits per heavy atom. The zero-order valence-electron chi connectivity index (χ0n) is 9.43. The van der Waals surface area contributed by atoms with Crippen molar-refractivity contribution in [3.05, 3.63) is 54.1 Å². The highest BCUT2D eigenvalue weighted by Crippen LogP contribution is 2.23. The normalized spacial score (nSPS) is 10.9. The Morgan fingerprint density at radius 2 is 2.22 bits per heavy atom. The molecule has 0 aliphatic rings. The zero-order chi connectivity index (χ0) is 12.4. The monoisotopic (exact) mass is 259 g/mol. The van der Waals surface area contributed by atoms with E-state index in [9.17, 15) is 4.39 Å². The maximum absolute atomic E-state index is 13.0. The van der Waals surface area contributed by atoms with Crippen LogP contribution >= 0.6 is 11.8 Å². The van der Waals surface area contributed by atoms with E-state index >= 15 is 0 Å². The Morgan fingerprint density at radius 3 is 3.06 bits per heavy atom. The maximum Gasteiger partial charge on any atom is 0.166 e. The van der Waals surface area contributed by atoms with Crippen LogP contribution in [0.4, 0.5) is 4.39 Å². The molecule has 2 aromatic heterocycles. The predicted molar refractivity (Wildman–Crippen MR) is 69.8 cm³/mol. The second-order valence-electron chi connectivity index (χ2n) is 3.85. The van der Waals surface area contributed by atoms with E-state index in [4.69, 9.17) is 0 Å². The number of H-pyrrole nitrogens is 1. The largest absolute Gasteiger partial charge is 0.333 e. The summed E-state index contributed by atoms with van der Waals surface area (Å²) in [6, 6.07) is 8.47. The van der Waals surface area contributed by atoms with Crippen molar-refractivity contribution >= 4 is 22.8 Å². The molecule has 0 bridgehead atoms. The smallest absolute Gasteiger partial charge is 0.166 e. The standard InChI is InChI=1S/C13H10FN3S/c14-10-3-4-11-12(6-10)17-13(16-11)18-8-9-2-1-5-15-7-9/h1-7H,8H2,(H,16,17). The van der Waals surface area contributed by atoms with Gasteiger partial charge in [-0.15, -0.1) is 0 Å². The summed E-state index contributed by atoms with van der Waals surface area (Å²) in [4.78, 5) is 11.5. The van der Waals surface area contributed by atoms with Crippen molar-refractivity contribution in [3.63, 3.8) is 0 Å². The molecule has 2 heterocycles. The van der Waals surface area contributed by atoms with E-state index in [2.05, 4.69) is 15.0 Å². The van der Waals surface area contributed by atoms with Gasteiger partial charge in [0.25, 0.3) is 0 Å².